The molecule has 14 nitrogen and oxygen atoms in total. The number of amides is 4. The zero-order valence-corrected chi connectivity index (χ0v) is 17.8. The van der Waals surface area contributed by atoms with Gasteiger partial charge < -0.3 is 43.4 Å². The summed E-state index contributed by atoms with van der Waals surface area (Å²) < 4.78 is 0. The summed E-state index contributed by atoms with van der Waals surface area (Å²) in [6.07, 6.45) is -0.0571. The van der Waals surface area contributed by atoms with Crippen LogP contribution in [0.4, 0.5) is 0 Å². The van der Waals surface area contributed by atoms with Gasteiger partial charge in [0.05, 0.1) is 12.5 Å². The summed E-state index contributed by atoms with van der Waals surface area (Å²) in [5.41, 5.74) is 16.0. The van der Waals surface area contributed by atoms with Crippen molar-refractivity contribution < 1.29 is 39.0 Å². The van der Waals surface area contributed by atoms with E-state index in [0.29, 0.717) is 19.4 Å². The average Bonchev–Trinajstić information content (AvgIpc) is 2.69. The summed E-state index contributed by atoms with van der Waals surface area (Å²) in [7, 11) is 0. The molecule has 0 aliphatic rings. The molecule has 0 heterocycles. The molecular formula is C18H32N6O8. The number of primary amides is 1. The van der Waals surface area contributed by atoms with Gasteiger partial charge in [0.2, 0.25) is 23.6 Å². The SMILES string of the molecule is CC(NC(=O)C(CCC(N)=O)NC(=O)C(CCCCN)NC(=O)C(N)CC(=O)O)C(=O)O. The van der Waals surface area contributed by atoms with Crippen LogP contribution < -0.4 is 33.2 Å². The lowest BCUT2D eigenvalue weighted by Crippen LogP contribution is -2.57. The first-order chi connectivity index (χ1) is 14.9. The van der Waals surface area contributed by atoms with Crippen molar-refractivity contribution in [1.82, 2.24) is 16.0 Å². The molecule has 0 fully saturated rings. The summed E-state index contributed by atoms with van der Waals surface area (Å²) >= 11 is 0. The summed E-state index contributed by atoms with van der Waals surface area (Å²) in [5.74, 6) is -5.88. The highest BCUT2D eigenvalue weighted by atomic mass is 16.4. The van der Waals surface area contributed by atoms with Crippen molar-refractivity contribution in [2.24, 2.45) is 17.2 Å². The highest BCUT2D eigenvalue weighted by molar-refractivity contribution is 5.94. The van der Waals surface area contributed by atoms with Crippen molar-refractivity contribution in [3.05, 3.63) is 0 Å². The van der Waals surface area contributed by atoms with Crippen LogP contribution in [0.15, 0.2) is 0 Å². The van der Waals surface area contributed by atoms with Crippen LogP contribution in [0.25, 0.3) is 0 Å². The zero-order chi connectivity index (χ0) is 24.8. The van der Waals surface area contributed by atoms with Gasteiger partial charge in [0.15, 0.2) is 0 Å². The lowest BCUT2D eigenvalue weighted by atomic mass is 10.0. The fraction of sp³-hybridized carbons (Fsp3) is 0.667. The highest BCUT2D eigenvalue weighted by Gasteiger charge is 2.29. The molecule has 0 saturated heterocycles. The standard InChI is InChI=1S/C18H32N6O8/c1-9(18(31)32)22-16(29)12(5-6-13(21)25)24-17(30)11(4-2-3-7-19)23-15(28)10(20)8-14(26)27/h9-12H,2-8,19-20H2,1H3,(H2,21,25)(H,22,29)(H,23,28)(H,24,30)(H,26,27)(H,31,32). The Morgan fingerprint density at radius 3 is 1.88 bits per heavy atom. The van der Waals surface area contributed by atoms with Gasteiger partial charge in [0, 0.05) is 6.42 Å². The second-order valence-electron chi connectivity index (χ2n) is 7.18. The summed E-state index contributed by atoms with van der Waals surface area (Å²) in [6.45, 7) is 1.55. The number of nitrogens with two attached hydrogens (primary N) is 3. The second-order valence-corrected chi connectivity index (χ2v) is 7.18. The fourth-order valence-corrected chi connectivity index (χ4v) is 2.52. The molecule has 0 aromatic rings. The van der Waals surface area contributed by atoms with Gasteiger partial charge in [0.25, 0.3) is 0 Å². The molecule has 14 heteroatoms. The summed E-state index contributed by atoms with van der Waals surface area (Å²) in [4.78, 5) is 70.2. The Morgan fingerprint density at radius 2 is 1.38 bits per heavy atom. The predicted molar refractivity (Wildman–Crippen MR) is 111 cm³/mol. The number of carboxylic acid groups (broad SMARTS) is 2. The van der Waals surface area contributed by atoms with E-state index in [1.165, 1.54) is 6.92 Å². The third-order valence-electron chi connectivity index (χ3n) is 4.35. The summed E-state index contributed by atoms with van der Waals surface area (Å²) in [6, 6.07) is -5.14. The Bertz CT molecular complexity index is 701. The Morgan fingerprint density at radius 1 is 0.844 bits per heavy atom. The number of carbonyl (C=O) groups excluding carboxylic acids is 4. The monoisotopic (exact) mass is 460 g/mol. The van der Waals surface area contributed by atoms with Crippen molar-refractivity contribution in [3.63, 3.8) is 0 Å². The average molecular weight is 460 g/mol. The van der Waals surface area contributed by atoms with Crippen LogP contribution in [0.3, 0.4) is 0 Å². The first-order valence-electron chi connectivity index (χ1n) is 9.98. The molecule has 11 N–H and O–H groups in total. The van der Waals surface area contributed by atoms with Crippen LogP contribution in [0.2, 0.25) is 0 Å². The number of nitrogens with one attached hydrogen (secondary N) is 3. The molecule has 0 rings (SSSR count). The van der Waals surface area contributed by atoms with Crippen LogP contribution in [-0.2, 0) is 28.8 Å². The van der Waals surface area contributed by atoms with Crippen molar-refractivity contribution in [2.75, 3.05) is 6.54 Å². The fourth-order valence-electron chi connectivity index (χ4n) is 2.52. The van der Waals surface area contributed by atoms with Crippen LogP contribution in [0.1, 0.15) is 45.4 Å². The molecule has 32 heavy (non-hydrogen) atoms. The third kappa shape index (κ3) is 11.8. The van der Waals surface area contributed by atoms with Gasteiger partial charge >= 0.3 is 11.9 Å². The van der Waals surface area contributed by atoms with Crippen LogP contribution in [-0.4, -0.2) is 76.5 Å². The molecule has 0 aromatic carbocycles. The number of rotatable bonds is 16. The minimum Gasteiger partial charge on any atom is -0.481 e. The van der Waals surface area contributed by atoms with Crippen LogP contribution >= 0.6 is 0 Å². The van der Waals surface area contributed by atoms with E-state index in [9.17, 15) is 28.8 Å². The van der Waals surface area contributed by atoms with E-state index in [1.54, 1.807) is 0 Å². The molecule has 0 spiro atoms. The van der Waals surface area contributed by atoms with E-state index in [1.807, 2.05) is 0 Å². The molecule has 0 aliphatic heterocycles. The van der Waals surface area contributed by atoms with Crippen molar-refractivity contribution in [3.8, 4) is 0 Å². The molecule has 0 bridgehead atoms. The van der Waals surface area contributed by atoms with Crippen molar-refractivity contribution in [2.45, 2.75) is 69.6 Å². The number of unbranched alkanes of at least 4 members (excludes halogenated alkanes) is 1. The third-order valence-corrected chi connectivity index (χ3v) is 4.35. The molecule has 4 unspecified atom stereocenters. The number of hydrogen-bond donors (Lipinski definition) is 8. The minimum atomic E-state index is -1.40. The largest absolute Gasteiger partial charge is 0.481 e. The summed E-state index contributed by atoms with van der Waals surface area (Å²) in [5, 5.41) is 24.6. The van der Waals surface area contributed by atoms with E-state index in [2.05, 4.69) is 16.0 Å². The molecule has 4 amide bonds. The zero-order valence-electron chi connectivity index (χ0n) is 17.8. The van der Waals surface area contributed by atoms with Crippen molar-refractivity contribution >= 4 is 35.6 Å². The van der Waals surface area contributed by atoms with Gasteiger partial charge in [0.1, 0.15) is 18.1 Å². The maximum atomic E-state index is 12.8. The smallest absolute Gasteiger partial charge is 0.325 e. The van der Waals surface area contributed by atoms with E-state index in [4.69, 9.17) is 27.4 Å². The van der Waals surface area contributed by atoms with Gasteiger partial charge in [-0.05, 0) is 39.2 Å². The maximum absolute atomic E-state index is 12.8. The lowest BCUT2D eigenvalue weighted by molar-refractivity contribution is -0.142. The van der Waals surface area contributed by atoms with Gasteiger partial charge in [-0.3, -0.25) is 28.8 Å². The number of aliphatic carboxylic acids is 2. The Labute approximate surface area is 184 Å². The van der Waals surface area contributed by atoms with E-state index in [-0.39, 0.29) is 19.3 Å². The van der Waals surface area contributed by atoms with Crippen LogP contribution in [0.5, 0.6) is 0 Å². The van der Waals surface area contributed by atoms with Gasteiger partial charge in [-0.25, -0.2) is 0 Å². The van der Waals surface area contributed by atoms with E-state index >= 15 is 0 Å². The van der Waals surface area contributed by atoms with Gasteiger partial charge in [-0.15, -0.1) is 0 Å². The quantitative estimate of drug-likeness (QED) is 0.107. The second kappa shape index (κ2) is 14.7. The normalized spacial score (nSPS) is 14.3. The molecule has 182 valence electrons. The molecular weight excluding hydrogens is 428 g/mol. The molecule has 0 aliphatic carbocycles. The highest BCUT2D eigenvalue weighted by Crippen LogP contribution is 2.05. The Balaban J connectivity index is 5.41. The molecule has 0 radical (unpaired) electrons. The van der Waals surface area contributed by atoms with Crippen LogP contribution in [0, 0.1) is 0 Å². The Kier molecular flexibility index (Phi) is 13.2. The molecule has 4 atom stereocenters. The topological polar surface area (TPSA) is 257 Å². The predicted octanol–water partition coefficient (Wildman–Crippen LogP) is -3.26. The molecule has 0 saturated carbocycles. The number of hydrogen-bond acceptors (Lipinski definition) is 8. The van der Waals surface area contributed by atoms with E-state index < -0.39 is 66.2 Å². The number of carboxylic acids is 2. The first kappa shape index (κ1) is 28.7. The minimum absolute atomic E-state index is 0.115. The maximum Gasteiger partial charge on any atom is 0.325 e. The first-order valence-corrected chi connectivity index (χ1v) is 9.98. The van der Waals surface area contributed by atoms with Crippen molar-refractivity contribution in [1.29, 1.82) is 0 Å². The Hall–Kier alpha value is -3.26. The van der Waals surface area contributed by atoms with Gasteiger partial charge in [-0.1, -0.05) is 0 Å². The van der Waals surface area contributed by atoms with Gasteiger partial charge in [-0.2, -0.15) is 0 Å². The van der Waals surface area contributed by atoms with E-state index in [0.717, 1.165) is 0 Å². The lowest BCUT2D eigenvalue weighted by Gasteiger charge is -2.24. The molecule has 0 aromatic heterocycles. The number of carbonyl (C=O) groups is 6.